The zero-order chi connectivity index (χ0) is 13.5. The maximum atomic E-state index is 13.6. The second-order valence-corrected chi connectivity index (χ2v) is 3.66. The quantitative estimate of drug-likeness (QED) is 0.793. The predicted octanol–water partition coefficient (Wildman–Crippen LogP) is 1.22. The van der Waals surface area contributed by atoms with Crippen LogP contribution in [0.3, 0.4) is 0 Å². The number of nitrogens with zero attached hydrogens (tertiary/aromatic N) is 2. The lowest BCUT2D eigenvalue weighted by Crippen LogP contribution is -2.30. The molecule has 0 aliphatic carbocycles. The molecule has 0 spiro atoms. The Bertz CT molecular complexity index is 529. The van der Waals surface area contributed by atoms with Crippen molar-refractivity contribution in [2.24, 2.45) is 0 Å². The lowest BCUT2D eigenvalue weighted by molar-refractivity contribution is -0.138. The van der Waals surface area contributed by atoms with Gasteiger partial charge in [-0.05, 0) is 12.1 Å². The van der Waals surface area contributed by atoms with E-state index in [1.165, 1.54) is 17.0 Å². The zero-order valence-electron chi connectivity index (χ0n) is 9.56. The molecule has 92 valence electrons. The molecule has 0 saturated heterocycles. The summed E-state index contributed by atoms with van der Waals surface area (Å²) in [6, 6.07) is 5.88. The standard InChI is InChI=1S/C13H11FN2O2/c1-2-5-16(9-13(17)18)8-11-4-3-10(7-15)6-12(11)14/h1,3-4,6H,5,8-9H2,(H,17,18). The molecule has 0 aliphatic rings. The summed E-state index contributed by atoms with van der Waals surface area (Å²) in [4.78, 5) is 12.0. The summed E-state index contributed by atoms with van der Waals surface area (Å²) >= 11 is 0. The van der Waals surface area contributed by atoms with E-state index in [2.05, 4.69) is 5.92 Å². The summed E-state index contributed by atoms with van der Waals surface area (Å²) in [6.07, 6.45) is 5.12. The minimum absolute atomic E-state index is 0.0913. The SMILES string of the molecule is C#CCN(CC(=O)O)Cc1ccc(C#N)cc1F. The molecule has 1 N–H and O–H groups in total. The van der Waals surface area contributed by atoms with Gasteiger partial charge >= 0.3 is 5.97 Å². The summed E-state index contributed by atoms with van der Waals surface area (Å²) in [7, 11) is 0. The highest BCUT2D eigenvalue weighted by Crippen LogP contribution is 2.12. The molecule has 0 unspecified atom stereocenters. The van der Waals surface area contributed by atoms with E-state index in [9.17, 15) is 9.18 Å². The van der Waals surface area contributed by atoms with Crippen molar-refractivity contribution in [2.45, 2.75) is 6.54 Å². The van der Waals surface area contributed by atoms with Gasteiger partial charge in [0, 0.05) is 12.1 Å². The fourth-order valence-electron chi connectivity index (χ4n) is 1.47. The first-order valence-electron chi connectivity index (χ1n) is 5.13. The molecule has 0 saturated carbocycles. The van der Waals surface area contributed by atoms with Crippen LogP contribution in [0.15, 0.2) is 18.2 Å². The van der Waals surface area contributed by atoms with Gasteiger partial charge < -0.3 is 5.11 Å². The van der Waals surface area contributed by atoms with E-state index >= 15 is 0 Å². The van der Waals surface area contributed by atoms with Crippen molar-refractivity contribution >= 4 is 5.97 Å². The van der Waals surface area contributed by atoms with Gasteiger partial charge in [-0.2, -0.15) is 5.26 Å². The molecule has 0 aromatic heterocycles. The molecule has 1 aromatic carbocycles. The Morgan fingerprint density at radius 2 is 2.28 bits per heavy atom. The maximum absolute atomic E-state index is 13.6. The third kappa shape index (κ3) is 3.89. The van der Waals surface area contributed by atoms with Crippen molar-refractivity contribution in [2.75, 3.05) is 13.1 Å². The Hall–Kier alpha value is -2.37. The van der Waals surface area contributed by atoms with E-state index < -0.39 is 11.8 Å². The summed E-state index contributed by atoms with van der Waals surface area (Å²) < 4.78 is 13.6. The minimum Gasteiger partial charge on any atom is -0.480 e. The Morgan fingerprint density at radius 1 is 1.56 bits per heavy atom. The van der Waals surface area contributed by atoms with Gasteiger partial charge in [0.15, 0.2) is 0 Å². The predicted molar refractivity (Wildman–Crippen MR) is 62.9 cm³/mol. The molecule has 0 fully saturated rings. The van der Waals surface area contributed by atoms with Crippen LogP contribution in [-0.2, 0) is 11.3 Å². The van der Waals surface area contributed by atoms with Crippen LogP contribution in [0, 0.1) is 29.5 Å². The van der Waals surface area contributed by atoms with Gasteiger partial charge in [-0.25, -0.2) is 4.39 Å². The van der Waals surface area contributed by atoms with Crippen LogP contribution < -0.4 is 0 Å². The first-order valence-corrected chi connectivity index (χ1v) is 5.13. The van der Waals surface area contributed by atoms with Gasteiger partial charge in [-0.1, -0.05) is 12.0 Å². The van der Waals surface area contributed by atoms with E-state index in [0.717, 1.165) is 6.07 Å². The van der Waals surface area contributed by atoms with Crippen molar-refractivity contribution in [3.63, 3.8) is 0 Å². The number of terminal acetylenes is 1. The molecule has 0 bridgehead atoms. The molecule has 0 aliphatic heterocycles. The molecular weight excluding hydrogens is 235 g/mol. The number of benzene rings is 1. The average molecular weight is 246 g/mol. The third-order valence-corrected chi connectivity index (χ3v) is 2.25. The van der Waals surface area contributed by atoms with Crippen molar-refractivity contribution in [3.05, 3.63) is 35.1 Å². The Morgan fingerprint density at radius 3 is 2.78 bits per heavy atom. The van der Waals surface area contributed by atoms with Crippen molar-refractivity contribution < 1.29 is 14.3 Å². The Labute approximate surface area is 104 Å². The lowest BCUT2D eigenvalue weighted by Gasteiger charge is -2.17. The number of carboxylic acids is 1. The molecule has 0 atom stereocenters. The molecule has 4 nitrogen and oxygen atoms in total. The summed E-state index contributed by atoms with van der Waals surface area (Å²) in [6.45, 7) is -0.0522. The summed E-state index contributed by atoms with van der Waals surface area (Å²) in [5, 5.41) is 17.3. The normalized spacial score (nSPS) is 9.78. The number of hydrogen-bond acceptors (Lipinski definition) is 3. The summed E-state index contributed by atoms with van der Waals surface area (Å²) in [5.74, 6) is 0.754. The fourth-order valence-corrected chi connectivity index (χ4v) is 1.47. The average Bonchev–Trinajstić information content (AvgIpc) is 2.31. The smallest absolute Gasteiger partial charge is 0.317 e. The van der Waals surface area contributed by atoms with E-state index in [1.54, 1.807) is 0 Å². The minimum atomic E-state index is -1.03. The lowest BCUT2D eigenvalue weighted by atomic mass is 10.1. The Kier molecular flexibility index (Phi) is 4.86. The molecule has 5 heteroatoms. The third-order valence-electron chi connectivity index (χ3n) is 2.25. The number of carboxylic acid groups (broad SMARTS) is 1. The highest BCUT2D eigenvalue weighted by Gasteiger charge is 2.12. The van der Waals surface area contributed by atoms with Gasteiger partial charge in [-0.15, -0.1) is 6.42 Å². The summed E-state index contributed by atoms with van der Waals surface area (Å²) in [5.41, 5.74) is 0.531. The highest BCUT2D eigenvalue weighted by molar-refractivity contribution is 5.69. The van der Waals surface area contributed by atoms with Crippen molar-refractivity contribution in [3.8, 4) is 18.4 Å². The molecule has 1 aromatic rings. The topological polar surface area (TPSA) is 64.3 Å². The maximum Gasteiger partial charge on any atom is 0.317 e. The van der Waals surface area contributed by atoms with Gasteiger partial charge in [0.25, 0.3) is 0 Å². The highest BCUT2D eigenvalue weighted by atomic mass is 19.1. The second-order valence-electron chi connectivity index (χ2n) is 3.66. The first kappa shape index (κ1) is 13.7. The largest absolute Gasteiger partial charge is 0.480 e. The fraction of sp³-hybridized carbons (Fsp3) is 0.231. The molecule has 1 rings (SSSR count). The van der Waals surface area contributed by atoms with Gasteiger partial charge in [0.1, 0.15) is 5.82 Å². The molecule has 0 radical (unpaired) electrons. The number of rotatable bonds is 5. The second kappa shape index (κ2) is 6.39. The number of halogens is 1. The molecule has 0 amide bonds. The Balaban J connectivity index is 2.84. The van der Waals surface area contributed by atoms with E-state index in [0.29, 0.717) is 5.56 Å². The number of hydrogen-bond donors (Lipinski definition) is 1. The van der Waals surface area contributed by atoms with Gasteiger partial charge in [0.2, 0.25) is 0 Å². The number of carbonyl (C=O) groups is 1. The van der Waals surface area contributed by atoms with Crippen LogP contribution in [0.4, 0.5) is 4.39 Å². The molecule has 0 heterocycles. The zero-order valence-corrected chi connectivity index (χ0v) is 9.56. The van der Waals surface area contributed by atoms with Crippen LogP contribution in [0.1, 0.15) is 11.1 Å². The van der Waals surface area contributed by atoms with Crippen LogP contribution >= 0.6 is 0 Å². The van der Waals surface area contributed by atoms with Crippen molar-refractivity contribution in [1.82, 2.24) is 4.90 Å². The van der Waals surface area contributed by atoms with Crippen LogP contribution in [-0.4, -0.2) is 29.1 Å². The van der Waals surface area contributed by atoms with Gasteiger partial charge in [-0.3, -0.25) is 9.69 Å². The first-order chi connectivity index (χ1) is 8.56. The molecule has 18 heavy (non-hydrogen) atoms. The van der Waals surface area contributed by atoms with E-state index in [1.807, 2.05) is 6.07 Å². The van der Waals surface area contributed by atoms with Crippen LogP contribution in [0.5, 0.6) is 0 Å². The van der Waals surface area contributed by atoms with Crippen LogP contribution in [0.25, 0.3) is 0 Å². The van der Waals surface area contributed by atoms with E-state index in [4.69, 9.17) is 16.8 Å². The van der Waals surface area contributed by atoms with Gasteiger partial charge in [0.05, 0.1) is 24.7 Å². The van der Waals surface area contributed by atoms with E-state index in [-0.39, 0.29) is 25.2 Å². The monoisotopic (exact) mass is 246 g/mol. The number of aliphatic carboxylic acids is 1. The van der Waals surface area contributed by atoms with Crippen LogP contribution in [0.2, 0.25) is 0 Å². The molecular formula is C13H11FN2O2. The number of nitriles is 1. The van der Waals surface area contributed by atoms with Crippen molar-refractivity contribution in [1.29, 1.82) is 5.26 Å².